The fourth-order valence-electron chi connectivity index (χ4n) is 3.96. The van der Waals surface area contributed by atoms with Crippen molar-refractivity contribution in [2.75, 3.05) is 0 Å². The molecule has 0 spiro atoms. The van der Waals surface area contributed by atoms with Crippen molar-refractivity contribution in [3.63, 3.8) is 0 Å². The Morgan fingerprint density at radius 1 is 0.526 bits per heavy atom. The largest absolute Gasteiger partial charge is 0.373 e. The second-order valence-corrected chi connectivity index (χ2v) is 9.86. The Labute approximate surface area is 228 Å². The lowest BCUT2D eigenvalue weighted by Gasteiger charge is -2.13. The van der Waals surface area contributed by atoms with Gasteiger partial charge in [0.25, 0.3) is 0 Å². The Balaban J connectivity index is 1.69. The number of rotatable bonds is 20. The van der Waals surface area contributed by atoms with Gasteiger partial charge < -0.3 is 0 Å². The molecule has 0 N–H and O–H groups in total. The van der Waals surface area contributed by atoms with Crippen LogP contribution < -0.4 is 0 Å². The van der Waals surface area contributed by atoms with Crippen molar-refractivity contribution in [2.24, 2.45) is 0 Å². The molecule has 0 atom stereocenters. The first kappa shape index (κ1) is 31.5. The van der Waals surface area contributed by atoms with Crippen molar-refractivity contribution >= 4 is 11.9 Å². The standard InChI is InChI=1S/C32H44O6/c1-4-5-6-7-8-9-10-11-12-13-14-15-16-17-30(35-37-31(33)28-22-18-26(2)19-23-28)36-38-32(34)29-24-20-27(3)21-25-29/h18-25H,1,4-17H2,2-3H3. The molecular formula is C32H44O6. The average molecular weight is 525 g/mol. The van der Waals surface area contributed by atoms with Crippen molar-refractivity contribution < 1.29 is 29.1 Å². The van der Waals surface area contributed by atoms with Gasteiger partial charge in [-0.25, -0.2) is 9.59 Å². The molecule has 6 nitrogen and oxygen atoms in total. The molecule has 0 aliphatic carbocycles. The van der Waals surface area contributed by atoms with Crippen LogP contribution in [0.4, 0.5) is 0 Å². The van der Waals surface area contributed by atoms with Crippen molar-refractivity contribution in [1.29, 1.82) is 0 Å². The molecule has 2 radical (unpaired) electrons. The van der Waals surface area contributed by atoms with E-state index in [9.17, 15) is 9.59 Å². The van der Waals surface area contributed by atoms with Crippen LogP contribution in [0.5, 0.6) is 0 Å². The summed E-state index contributed by atoms with van der Waals surface area (Å²) in [6.45, 7) is 7.75. The lowest BCUT2D eigenvalue weighted by atomic mass is 10.0. The van der Waals surface area contributed by atoms with Gasteiger partial charge in [-0.1, -0.05) is 119 Å². The highest BCUT2D eigenvalue weighted by Gasteiger charge is 2.21. The van der Waals surface area contributed by atoms with E-state index in [2.05, 4.69) is 6.92 Å². The van der Waals surface area contributed by atoms with Crippen LogP contribution in [0, 0.1) is 27.1 Å². The molecule has 0 amide bonds. The number of carbonyl (C=O) groups is 2. The Bertz CT molecular complexity index is 845. The third-order valence-electron chi connectivity index (χ3n) is 6.38. The number of hydrogen-bond donors (Lipinski definition) is 0. The summed E-state index contributed by atoms with van der Waals surface area (Å²) >= 11 is 0. The molecule has 2 aromatic rings. The van der Waals surface area contributed by atoms with Gasteiger partial charge >= 0.3 is 18.2 Å². The summed E-state index contributed by atoms with van der Waals surface area (Å²) in [6, 6.07) is 13.9. The van der Waals surface area contributed by atoms with Crippen LogP contribution in [-0.4, -0.2) is 11.9 Å². The molecule has 2 rings (SSSR count). The van der Waals surface area contributed by atoms with E-state index in [1.165, 1.54) is 57.8 Å². The molecule has 0 unspecified atom stereocenters. The van der Waals surface area contributed by atoms with E-state index in [0.29, 0.717) is 17.5 Å². The van der Waals surface area contributed by atoms with Crippen LogP contribution >= 0.6 is 0 Å². The van der Waals surface area contributed by atoms with E-state index in [4.69, 9.17) is 19.6 Å². The highest BCUT2D eigenvalue weighted by Crippen LogP contribution is 2.20. The second-order valence-electron chi connectivity index (χ2n) is 9.86. The topological polar surface area (TPSA) is 71.1 Å². The van der Waals surface area contributed by atoms with E-state index < -0.39 is 11.9 Å². The van der Waals surface area contributed by atoms with Crippen LogP contribution in [0.3, 0.4) is 0 Å². The molecule has 38 heavy (non-hydrogen) atoms. The van der Waals surface area contributed by atoms with Crippen LogP contribution in [-0.2, 0) is 19.6 Å². The van der Waals surface area contributed by atoms with Gasteiger partial charge in [-0.15, -0.1) is 9.78 Å². The Kier molecular flexibility index (Phi) is 16.1. The van der Waals surface area contributed by atoms with Gasteiger partial charge in [0.15, 0.2) is 0 Å². The Hall–Kier alpha value is -2.70. The third-order valence-corrected chi connectivity index (χ3v) is 6.38. The minimum absolute atomic E-state index is 0.0650. The zero-order valence-corrected chi connectivity index (χ0v) is 23.2. The quantitative estimate of drug-likeness (QED) is 0.0978. The van der Waals surface area contributed by atoms with Gasteiger partial charge in [-0.3, -0.25) is 9.78 Å². The summed E-state index contributed by atoms with van der Waals surface area (Å²) in [6.07, 6.45) is 15.7. The predicted molar refractivity (Wildman–Crippen MR) is 149 cm³/mol. The molecular weight excluding hydrogens is 480 g/mol. The van der Waals surface area contributed by atoms with E-state index in [0.717, 1.165) is 36.8 Å². The maximum absolute atomic E-state index is 12.3. The Morgan fingerprint density at radius 3 is 1.24 bits per heavy atom. The minimum Gasteiger partial charge on any atom is -0.289 e. The van der Waals surface area contributed by atoms with Crippen molar-refractivity contribution in [3.05, 3.63) is 84.0 Å². The molecule has 0 aliphatic rings. The molecule has 0 fully saturated rings. The monoisotopic (exact) mass is 524 g/mol. The maximum atomic E-state index is 12.3. The lowest BCUT2D eigenvalue weighted by molar-refractivity contribution is -0.363. The first-order valence-corrected chi connectivity index (χ1v) is 14.1. The molecule has 0 heterocycles. The second kappa shape index (κ2) is 19.4. The molecule has 0 aromatic heterocycles. The summed E-state index contributed by atoms with van der Waals surface area (Å²) in [7, 11) is 0. The third kappa shape index (κ3) is 13.7. The van der Waals surface area contributed by atoms with E-state index >= 15 is 0 Å². The maximum Gasteiger partial charge on any atom is 0.373 e. The summed E-state index contributed by atoms with van der Waals surface area (Å²) in [5, 5.41) is 0. The number of benzene rings is 2. The molecule has 0 bridgehead atoms. The molecule has 208 valence electrons. The molecule has 6 heteroatoms. The summed E-state index contributed by atoms with van der Waals surface area (Å²) < 4.78 is 0. The smallest absolute Gasteiger partial charge is 0.289 e. The van der Waals surface area contributed by atoms with Crippen molar-refractivity contribution in [2.45, 2.75) is 104 Å². The van der Waals surface area contributed by atoms with Gasteiger partial charge in [0.2, 0.25) is 0 Å². The highest BCUT2D eigenvalue weighted by atomic mass is 17.3. The van der Waals surface area contributed by atoms with Crippen molar-refractivity contribution in [3.8, 4) is 0 Å². The highest BCUT2D eigenvalue weighted by molar-refractivity contribution is 5.89. The predicted octanol–water partition coefficient (Wildman–Crippen LogP) is 8.97. The van der Waals surface area contributed by atoms with Crippen molar-refractivity contribution in [1.82, 2.24) is 0 Å². The zero-order chi connectivity index (χ0) is 27.4. The van der Waals surface area contributed by atoms with Gasteiger partial charge in [0.1, 0.15) is 0 Å². The SMILES string of the molecule is [CH2]CCCCCCCCCCCCCC[C](OOC(=O)c1ccc(C)cc1)OOC(=O)c1ccc(C)cc1. The first-order valence-electron chi connectivity index (χ1n) is 14.1. The zero-order valence-electron chi connectivity index (χ0n) is 23.2. The number of hydrogen-bond acceptors (Lipinski definition) is 6. The summed E-state index contributed by atoms with van der Waals surface area (Å²) in [4.78, 5) is 44.9. The van der Waals surface area contributed by atoms with E-state index in [1.54, 1.807) is 24.3 Å². The fraction of sp³-hybridized carbons (Fsp3) is 0.500. The normalized spacial score (nSPS) is 11.1. The number of carbonyl (C=O) groups excluding carboxylic acids is 2. The van der Waals surface area contributed by atoms with Crippen LogP contribution in [0.1, 0.15) is 122 Å². The minimum atomic E-state index is -0.654. The van der Waals surface area contributed by atoms with E-state index in [-0.39, 0.29) is 6.29 Å². The molecule has 0 saturated carbocycles. The number of unbranched alkanes of at least 4 members (excludes halogenated alkanes) is 12. The fourth-order valence-corrected chi connectivity index (χ4v) is 3.96. The lowest BCUT2D eigenvalue weighted by Crippen LogP contribution is -2.16. The molecule has 0 aliphatic heterocycles. The van der Waals surface area contributed by atoms with Gasteiger partial charge in [-0.2, -0.15) is 0 Å². The Morgan fingerprint density at radius 2 is 0.868 bits per heavy atom. The molecule has 0 saturated heterocycles. The van der Waals surface area contributed by atoms with Gasteiger partial charge in [0, 0.05) is 6.42 Å². The van der Waals surface area contributed by atoms with Gasteiger partial charge in [0.05, 0.1) is 11.1 Å². The van der Waals surface area contributed by atoms with Crippen LogP contribution in [0.15, 0.2) is 48.5 Å². The number of aryl methyl sites for hydroxylation is 2. The van der Waals surface area contributed by atoms with E-state index in [1.807, 2.05) is 38.1 Å². The summed E-state index contributed by atoms with van der Waals surface area (Å²) in [5.74, 6) is -1.31. The van der Waals surface area contributed by atoms with Crippen LogP contribution in [0.2, 0.25) is 0 Å². The first-order chi connectivity index (χ1) is 18.5. The average Bonchev–Trinajstić information content (AvgIpc) is 2.92. The molecule has 2 aromatic carbocycles. The van der Waals surface area contributed by atoms with Crippen LogP contribution in [0.25, 0.3) is 0 Å². The summed E-state index contributed by atoms with van der Waals surface area (Å²) in [5.41, 5.74) is 2.76. The van der Waals surface area contributed by atoms with Gasteiger partial charge in [-0.05, 0) is 44.5 Å².